The summed E-state index contributed by atoms with van der Waals surface area (Å²) >= 11 is 0. The van der Waals surface area contributed by atoms with Gasteiger partial charge >= 0.3 is 0 Å². The zero-order valence-corrected chi connectivity index (χ0v) is 25.0. The number of likely N-dealkylation sites (N-methyl/N-ethyl adjacent to an activating group) is 1. The molecule has 3 N–H and O–H groups in total. The molecular weight excluding hydrogens is 553 g/mol. The first-order valence-electron chi connectivity index (χ1n) is 15.3. The van der Waals surface area contributed by atoms with E-state index in [1.165, 1.54) is 25.3 Å². The van der Waals surface area contributed by atoms with Gasteiger partial charge in [-0.1, -0.05) is 18.6 Å². The van der Waals surface area contributed by atoms with Gasteiger partial charge in [-0.2, -0.15) is 5.10 Å². The number of halogens is 1. The lowest BCUT2D eigenvalue weighted by Crippen LogP contribution is -2.20. The molecule has 1 aliphatic carbocycles. The number of hydrogen-bond donors (Lipinski definition) is 3. The molecule has 6 aromatic rings. The number of nitrogens with zero attached hydrogens (tertiary/aromatic N) is 4. The molecule has 2 aromatic carbocycles. The molecule has 1 saturated carbocycles. The normalized spacial score (nSPS) is 14.1. The summed E-state index contributed by atoms with van der Waals surface area (Å²) in [5.74, 6) is 0.515. The van der Waals surface area contributed by atoms with Gasteiger partial charge in [-0.25, -0.2) is 9.37 Å². The molecule has 0 spiro atoms. The first kappa shape index (κ1) is 28.0. The van der Waals surface area contributed by atoms with E-state index < -0.39 is 0 Å². The molecule has 224 valence electrons. The largest absolute Gasteiger partial charge is 0.489 e. The number of H-pyrrole nitrogens is 2. The second-order valence-corrected chi connectivity index (χ2v) is 11.9. The van der Waals surface area contributed by atoms with Gasteiger partial charge in [-0.3, -0.25) is 10.1 Å². The molecule has 0 amide bonds. The Balaban J connectivity index is 1.21. The average Bonchev–Trinajstić information content (AvgIpc) is 3.65. The highest BCUT2D eigenvalue weighted by atomic mass is 19.1. The van der Waals surface area contributed by atoms with Gasteiger partial charge in [0.05, 0.1) is 18.0 Å². The lowest BCUT2D eigenvalue weighted by molar-refractivity contribution is 0.154. The van der Waals surface area contributed by atoms with Gasteiger partial charge in [0.25, 0.3) is 0 Å². The number of pyridine rings is 2. The van der Waals surface area contributed by atoms with E-state index >= 15 is 0 Å². The van der Waals surface area contributed by atoms with Crippen LogP contribution in [0.2, 0.25) is 0 Å². The van der Waals surface area contributed by atoms with E-state index in [1.54, 1.807) is 12.3 Å². The van der Waals surface area contributed by atoms with E-state index in [9.17, 15) is 4.39 Å². The minimum atomic E-state index is -0.276. The van der Waals surface area contributed by atoms with Gasteiger partial charge in [-0.15, -0.1) is 0 Å². The smallest absolute Gasteiger partial charge is 0.155 e. The van der Waals surface area contributed by atoms with Crippen LogP contribution >= 0.6 is 0 Å². The number of hydrogen-bond acceptors (Lipinski definition) is 6. The molecule has 44 heavy (non-hydrogen) atoms. The van der Waals surface area contributed by atoms with Crippen molar-refractivity contribution in [3.8, 4) is 39.4 Å². The van der Waals surface area contributed by atoms with Crippen LogP contribution < -0.4 is 10.1 Å². The Morgan fingerprint density at radius 2 is 1.80 bits per heavy atom. The summed E-state index contributed by atoms with van der Waals surface area (Å²) in [6, 6.07) is 17.4. The SMILES string of the molecule is CN(C)CCNc1cc(F)cc(-c2cccc3[nH]c(-c4n[nH]c5ncc(-c6cncc(OC7CCCCC7)c6)cc45)cc23)c1. The lowest BCUT2D eigenvalue weighted by atomic mass is 9.98. The Morgan fingerprint density at radius 3 is 2.66 bits per heavy atom. The van der Waals surface area contributed by atoms with Crippen LogP contribution in [0, 0.1) is 5.82 Å². The first-order chi connectivity index (χ1) is 21.5. The molecule has 1 fully saturated rings. The molecule has 0 bridgehead atoms. The van der Waals surface area contributed by atoms with Crippen molar-refractivity contribution in [2.45, 2.75) is 38.2 Å². The van der Waals surface area contributed by atoms with E-state index in [1.807, 2.05) is 56.8 Å². The van der Waals surface area contributed by atoms with Gasteiger partial charge in [0.1, 0.15) is 17.3 Å². The minimum absolute atomic E-state index is 0.257. The molecule has 9 heteroatoms. The quantitative estimate of drug-likeness (QED) is 0.160. The average molecular weight is 590 g/mol. The topological polar surface area (TPSA) is 94.8 Å². The Bertz CT molecular complexity index is 1920. The number of ether oxygens (including phenoxy) is 1. The van der Waals surface area contributed by atoms with Crippen molar-refractivity contribution >= 4 is 27.6 Å². The summed E-state index contributed by atoms with van der Waals surface area (Å²) < 4.78 is 21.0. The van der Waals surface area contributed by atoms with Crippen molar-refractivity contribution in [1.82, 2.24) is 30.0 Å². The second-order valence-electron chi connectivity index (χ2n) is 11.9. The number of aromatic nitrogens is 5. The van der Waals surface area contributed by atoms with Gasteiger partial charge in [0.2, 0.25) is 0 Å². The summed E-state index contributed by atoms with van der Waals surface area (Å²) in [7, 11) is 4.04. The van der Waals surface area contributed by atoms with Crippen LogP contribution in [0.4, 0.5) is 10.1 Å². The van der Waals surface area contributed by atoms with Gasteiger partial charge in [0, 0.05) is 58.6 Å². The van der Waals surface area contributed by atoms with E-state index in [4.69, 9.17) is 4.74 Å². The molecule has 4 aromatic heterocycles. The van der Waals surface area contributed by atoms with Gasteiger partial charge in [0.15, 0.2) is 5.65 Å². The molecule has 0 unspecified atom stereocenters. The summed E-state index contributed by atoms with van der Waals surface area (Å²) in [6.45, 7) is 1.58. The van der Waals surface area contributed by atoms with Crippen molar-refractivity contribution in [1.29, 1.82) is 0 Å². The van der Waals surface area contributed by atoms with Crippen molar-refractivity contribution in [2.24, 2.45) is 0 Å². The molecule has 1 aliphatic rings. The fourth-order valence-electron chi connectivity index (χ4n) is 6.09. The fraction of sp³-hybridized carbons (Fsp3) is 0.286. The van der Waals surface area contributed by atoms with E-state index in [0.29, 0.717) is 5.65 Å². The van der Waals surface area contributed by atoms with Crippen molar-refractivity contribution in [2.75, 3.05) is 32.5 Å². The zero-order chi connectivity index (χ0) is 30.0. The van der Waals surface area contributed by atoms with Gasteiger partial charge < -0.3 is 19.9 Å². The minimum Gasteiger partial charge on any atom is -0.489 e. The van der Waals surface area contributed by atoms with Crippen LogP contribution in [0.5, 0.6) is 5.75 Å². The third-order valence-electron chi connectivity index (χ3n) is 8.33. The number of benzene rings is 2. The highest BCUT2D eigenvalue weighted by Crippen LogP contribution is 2.36. The highest BCUT2D eigenvalue weighted by molar-refractivity contribution is 6.01. The van der Waals surface area contributed by atoms with Crippen molar-refractivity contribution in [3.63, 3.8) is 0 Å². The Hall–Kier alpha value is -4.76. The maximum Gasteiger partial charge on any atom is 0.155 e. The molecular formula is C35H36FN7O. The standard InChI is InChI=1S/C35H36FN7O/c1-43(2)12-11-38-26-14-22(13-25(36)17-26)29-9-6-10-32-30(29)18-33(40-32)34-31-16-24(20-39-35(31)42-41-34)23-15-28(21-37-19-23)44-27-7-4-3-5-8-27/h6,9-10,13-21,27,38,40H,3-5,7-8,11-12H2,1-2H3,(H,39,41,42). The predicted molar refractivity (Wildman–Crippen MR) is 174 cm³/mol. The number of anilines is 1. The van der Waals surface area contributed by atoms with E-state index in [2.05, 4.69) is 47.5 Å². The molecule has 7 rings (SSSR count). The lowest BCUT2D eigenvalue weighted by Gasteiger charge is -2.23. The first-order valence-corrected chi connectivity index (χ1v) is 15.3. The summed E-state index contributed by atoms with van der Waals surface area (Å²) in [5.41, 5.74) is 7.66. The number of aromatic amines is 2. The van der Waals surface area contributed by atoms with Crippen LogP contribution in [0.15, 0.2) is 73.2 Å². The number of rotatable bonds is 9. The van der Waals surface area contributed by atoms with E-state index in [0.717, 1.165) is 87.3 Å². The van der Waals surface area contributed by atoms with Crippen LogP contribution in [-0.2, 0) is 0 Å². The third-order valence-corrected chi connectivity index (χ3v) is 8.33. The van der Waals surface area contributed by atoms with Crippen molar-refractivity contribution in [3.05, 3.63) is 79.0 Å². The Labute approximate surface area is 255 Å². The summed E-state index contributed by atoms with van der Waals surface area (Å²) in [4.78, 5) is 14.8. The van der Waals surface area contributed by atoms with Crippen LogP contribution in [0.25, 0.3) is 55.6 Å². The molecule has 8 nitrogen and oxygen atoms in total. The fourth-order valence-corrected chi connectivity index (χ4v) is 6.09. The molecule has 0 saturated heterocycles. The molecule has 0 radical (unpaired) electrons. The van der Waals surface area contributed by atoms with Gasteiger partial charge in [-0.05, 0) is 93.4 Å². The molecule has 4 heterocycles. The van der Waals surface area contributed by atoms with E-state index in [-0.39, 0.29) is 11.9 Å². The maximum atomic E-state index is 14.7. The van der Waals surface area contributed by atoms with Crippen LogP contribution in [0.3, 0.4) is 0 Å². The Kier molecular flexibility index (Phi) is 7.70. The molecule has 0 aliphatic heterocycles. The maximum absolute atomic E-state index is 14.7. The van der Waals surface area contributed by atoms with Crippen LogP contribution in [-0.4, -0.2) is 63.3 Å². The Morgan fingerprint density at radius 1 is 0.932 bits per heavy atom. The third kappa shape index (κ3) is 5.88. The zero-order valence-electron chi connectivity index (χ0n) is 25.0. The molecule has 0 atom stereocenters. The summed E-state index contributed by atoms with van der Waals surface area (Å²) in [6.07, 6.45) is 11.6. The van der Waals surface area contributed by atoms with Crippen LogP contribution in [0.1, 0.15) is 32.1 Å². The predicted octanol–water partition coefficient (Wildman–Crippen LogP) is 7.66. The highest BCUT2D eigenvalue weighted by Gasteiger charge is 2.18. The van der Waals surface area contributed by atoms with Crippen molar-refractivity contribution < 1.29 is 9.13 Å². The number of fused-ring (bicyclic) bond motifs is 2. The second kappa shape index (κ2) is 12.1. The summed E-state index contributed by atoms with van der Waals surface area (Å²) in [5, 5.41) is 12.9. The monoisotopic (exact) mass is 589 g/mol. The number of nitrogens with one attached hydrogen (secondary N) is 3.